The molecule has 0 atom stereocenters. The molecule has 0 fully saturated rings. The maximum Gasteiger partial charge on any atom is 0.325 e. The molecule has 3 aromatic carbocycles. The number of nitrogens with one attached hydrogen (secondary N) is 3. The van der Waals surface area contributed by atoms with E-state index in [-0.39, 0.29) is 18.1 Å². The number of urea groups is 1. The van der Waals surface area contributed by atoms with Crippen LogP contribution in [0.3, 0.4) is 0 Å². The van der Waals surface area contributed by atoms with Crippen LogP contribution in [0.1, 0.15) is 5.69 Å². The normalized spacial score (nSPS) is 10.6. The summed E-state index contributed by atoms with van der Waals surface area (Å²) in [6, 6.07) is 18.5. The first-order valence-electron chi connectivity index (χ1n) is 9.12. The van der Waals surface area contributed by atoms with Crippen molar-refractivity contribution in [2.24, 2.45) is 0 Å². The smallest absolute Gasteiger partial charge is 0.325 e. The zero-order valence-corrected chi connectivity index (χ0v) is 16.5. The van der Waals surface area contributed by atoms with Gasteiger partial charge in [-0.3, -0.25) is 10.1 Å². The van der Waals surface area contributed by atoms with Gasteiger partial charge < -0.3 is 10.6 Å². The van der Waals surface area contributed by atoms with Gasteiger partial charge in [-0.2, -0.15) is 0 Å². The van der Waals surface area contributed by atoms with Crippen LogP contribution in [0.2, 0.25) is 0 Å². The van der Waals surface area contributed by atoms with E-state index in [4.69, 9.17) is 0 Å². The molecule has 8 heteroatoms. The summed E-state index contributed by atoms with van der Waals surface area (Å²) in [6.07, 6.45) is 0.0843. The van der Waals surface area contributed by atoms with Crippen molar-refractivity contribution in [1.29, 1.82) is 0 Å². The first kappa shape index (κ1) is 19.5. The van der Waals surface area contributed by atoms with E-state index in [1.54, 1.807) is 5.38 Å². The van der Waals surface area contributed by atoms with Gasteiger partial charge in [-0.05, 0) is 35.7 Å². The third-order valence-corrected chi connectivity index (χ3v) is 5.09. The number of amides is 3. The summed E-state index contributed by atoms with van der Waals surface area (Å²) in [6.45, 7) is 0. The largest absolute Gasteiger partial charge is 0.325 e. The van der Waals surface area contributed by atoms with Crippen LogP contribution in [0, 0.1) is 5.82 Å². The summed E-state index contributed by atoms with van der Waals surface area (Å²) in [5.41, 5.74) is 1.75. The number of carbonyl (C=O) groups is 2. The lowest BCUT2D eigenvalue weighted by Gasteiger charge is -2.08. The number of carbonyl (C=O) groups excluding carboxylic acids is 2. The second-order valence-corrected chi connectivity index (χ2v) is 7.34. The number of aromatic nitrogens is 1. The molecule has 0 aliphatic heterocycles. The molecule has 0 bridgehead atoms. The molecular weight excluding hydrogens is 403 g/mol. The zero-order chi connectivity index (χ0) is 20.9. The van der Waals surface area contributed by atoms with E-state index < -0.39 is 6.03 Å². The van der Waals surface area contributed by atoms with E-state index in [0.717, 1.165) is 16.5 Å². The Labute approximate surface area is 175 Å². The molecule has 1 heterocycles. The average molecular weight is 420 g/mol. The van der Waals surface area contributed by atoms with Crippen molar-refractivity contribution in [3.05, 3.63) is 83.6 Å². The van der Waals surface area contributed by atoms with Crippen LogP contribution in [0.4, 0.5) is 25.7 Å². The van der Waals surface area contributed by atoms with Crippen molar-refractivity contribution in [2.45, 2.75) is 6.42 Å². The maximum absolute atomic E-state index is 12.9. The van der Waals surface area contributed by atoms with Gasteiger partial charge >= 0.3 is 6.03 Å². The van der Waals surface area contributed by atoms with Crippen molar-refractivity contribution in [3.63, 3.8) is 0 Å². The Morgan fingerprint density at radius 1 is 0.900 bits per heavy atom. The van der Waals surface area contributed by atoms with Gasteiger partial charge in [0, 0.05) is 22.1 Å². The third kappa shape index (κ3) is 4.79. The Balaban J connectivity index is 1.35. The van der Waals surface area contributed by atoms with Crippen molar-refractivity contribution in [3.8, 4) is 0 Å². The SMILES string of the molecule is O=C(Cc1csc(NC(=O)Nc2ccc(F)cc2)n1)Nc1cccc2ccccc12. The molecule has 3 amide bonds. The first-order valence-corrected chi connectivity index (χ1v) is 10.0. The highest BCUT2D eigenvalue weighted by Gasteiger charge is 2.11. The van der Waals surface area contributed by atoms with Crippen LogP contribution >= 0.6 is 11.3 Å². The van der Waals surface area contributed by atoms with E-state index in [1.165, 1.54) is 35.6 Å². The predicted octanol–water partition coefficient (Wildman–Crippen LogP) is 5.26. The highest BCUT2D eigenvalue weighted by atomic mass is 32.1. The number of thiazole rings is 1. The summed E-state index contributed by atoms with van der Waals surface area (Å²) in [5.74, 6) is -0.578. The van der Waals surface area contributed by atoms with Crippen LogP contribution < -0.4 is 16.0 Å². The fourth-order valence-electron chi connectivity index (χ4n) is 2.93. The van der Waals surface area contributed by atoms with Crippen LogP contribution in [0.5, 0.6) is 0 Å². The van der Waals surface area contributed by atoms with Gasteiger partial charge in [-0.25, -0.2) is 14.2 Å². The molecule has 0 aliphatic carbocycles. The number of halogens is 1. The molecule has 150 valence electrons. The molecule has 4 rings (SSSR count). The second-order valence-electron chi connectivity index (χ2n) is 6.48. The molecule has 0 unspecified atom stereocenters. The third-order valence-electron chi connectivity index (χ3n) is 4.28. The van der Waals surface area contributed by atoms with Gasteiger partial charge in [0.15, 0.2) is 5.13 Å². The molecule has 0 saturated carbocycles. The molecule has 6 nitrogen and oxygen atoms in total. The van der Waals surface area contributed by atoms with Crippen LogP contribution in [0.25, 0.3) is 10.8 Å². The van der Waals surface area contributed by atoms with Gasteiger partial charge in [0.25, 0.3) is 0 Å². The monoisotopic (exact) mass is 420 g/mol. The molecule has 0 spiro atoms. The average Bonchev–Trinajstić information content (AvgIpc) is 3.16. The Kier molecular flexibility index (Phi) is 5.67. The number of hydrogen-bond acceptors (Lipinski definition) is 4. The molecular formula is C22H17FN4O2S. The summed E-state index contributed by atoms with van der Waals surface area (Å²) in [4.78, 5) is 28.8. The summed E-state index contributed by atoms with van der Waals surface area (Å²) in [7, 11) is 0. The molecule has 3 N–H and O–H groups in total. The van der Waals surface area contributed by atoms with Gasteiger partial charge in [-0.15, -0.1) is 11.3 Å². The van der Waals surface area contributed by atoms with E-state index in [0.29, 0.717) is 16.5 Å². The molecule has 0 aliphatic rings. The van der Waals surface area contributed by atoms with Crippen LogP contribution in [0.15, 0.2) is 72.1 Å². The minimum atomic E-state index is -0.497. The van der Waals surface area contributed by atoms with Crippen molar-refractivity contribution < 1.29 is 14.0 Å². The van der Waals surface area contributed by atoms with Crippen LogP contribution in [-0.2, 0) is 11.2 Å². The van der Waals surface area contributed by atoms with E-state index in [1.807, 2.05) is 42.5 Å². The highest BCUT2D eigenvalue weighted by molar-refractivity contribution is 7.14. The lowest BCUT2D eigenvalue weighted by Crippen LogP contribution is -2.19. The number of rotatable bonds is 5. The van der Waals surface area contributed by atoms with Gasteiger partial charge in [0.05, 0.1) is 12.1 Å². The maximum atomic E-state index is 12.9. The molecule has 30 heavy (non-hydrogen) atoms. The number of hydrogen-bond donors (Lipinski definition) is 3. The van der Waals surface area contributed by atoms with Gasteiger partial charge in [0.1, 0.15) is 5.82 Å². The Morgan fingerprint density at radius 3 is 2.50 bits per heavy atom. The molecule has 4 aromatic rings. The minimum absolute atomic E-state index is 0.0843. The first-order chi connectivity index (χ1) is 14.6. The lowest BCUT2D eigenvalue weighted by molar-refractivity contribution is -0.115. The van der Waals surface area contributed by atoms with E-state index in [9.17, 15) is 14.0 Å². The van der Waals surface area contributed by atoms with E-state index in [2.05, 4.69) is 20.9 Å². The Hall–Kier alpha value is -3.78. The summed E-state index contributed by atoms with van der Waals surface area (Å²) < 4.78 is 12.9. The van der Waals surface area contributed by atoms with E-state index >= 15 is 0 Å². The predicted molar refractivity (Wildman–Crippen MR) is 117 cm³/mol. The number of nitrogens with zero attached hydrogens (tertiary/aromatic N) is 1. The van der Waals surface area contributed by atoms with Gasteiger partial charge in [0.2, 0.25) is 5.91 Å². The topological polar surface area (TPSA) is 83.1 Å². The lowest BCUT2D eigenvalue weighted by atomic mass is 10.1. The second kappa shape index (κ2) is 8.71. The quantitative estimate of drug-likeness (QED) is 0.412. The minimum Gasteiger partial charge on any atom is -0.325 e. The fraction of sp³-hybridized carbons (Fsp3) is 0.0455. The van der Waals surface area contributed by atoms with Crippen molar-refractivity contribution in [1.82, 2.24) is 4.98 Å². The molecule has 1 aromatic heterocycles. The van der Waals surface area contributed by atoms with Crippen LogP contribution in [-0.4, -0.2) is 16.9 Å². The van der Waals surface area contributed by atoms with Crippen molar-refractivity contribution >= 4 is 50.6 Å². The van der Waals surface area contributed by atoms with Gasteiger partial charge in [-0.1, -0.05) is 36.4 Å². The number of fused-ring (bicyclic) bond motifs is 1. The fourth-order valence-corrected chi connectivity index (χ4v) is 3.64. The molecule has 0 radical (unpaired) electrons. The highest BCUT2D eigenvalue weighted by Crippen LogP contribution is 2.23. The standard InChI is InChI=1S/C22H17FN4O2S/c23-15-8-10-16(11-9-15)24-21(29)27-22-25-17(13-30-22)12-20(28)26-19-7-3-5-14-4-1-2-6-18(14)19/h1-11,13H,12H2,(H,26,28)(H2,24,25,27,29). The van der Waals surface area contributed by atoms with Crippen molar-refractivity contribution in [2.75, 3.05) is 16.0 Å². The number of anilines is 3. The number of benzene rings is 3. The summed E-state index contributed by atoms with van der Waals surface area (Å²) in [5, 5.41) is 12.2. The molecule has 0 saturated heterocycles. The zero-order valence-electron chi connectivity index (χ0n) is 15.7. The Morgan fingerprint density at radius 2 is 1.67 bits per heavy atom. The Bertz CT molecular complexity index is 1200. The summed E-state index contributed by atoms with van der Waals surface area (Å²) >= 11 is 1.22.